The van der Waals surface area contributed by atoms with Gasteiger partial charge in [0, 0.05) is 36.6 Å². The first kappa shape index (κ1) is 23.9. The van der Waals surface area contributed by atoms with Crippen LogP contribution in [0.25, 0.3) is 0 Å². The lowest BCUT2D eigenvalue weighted by atomic mass is 10.1. The van der Waals surface area contributed by atoms with Gasteiger partial charge in [-0.3, -0.25) is 9.59 Å². The fraction of sp³-hybridized carbons (Fsp3) is 0.364. The third kappa shape index (κ3) is 6.61. The van der Waals surface area contributed by atoms with E-state index in [1.807, 2.05) is 4.90 Å². The van der Waals surface area contributed by atoms with Crippen LogP contribution in [0.2, 0.25) is 5.02 Å². The van der Waals surface area contributed by atoms with E-state index in [-0.39, 0.29) is 24.6 Å². The Morgan fingerprint density at radius 3 is 2.41 bits per heavy atom. The van der Waals surface area contributed by atoms with E-state index in [0.717, 1.165) is 12.1 Å². The Labute approximate surface area is 188 Å². The maximum atomic E-state index is 13.2. The van der Waals surface area contributed by atoms with Crippen LogP contribution in [0, 0.1) is 0 Å². The van der Waals surface area contributed by atoms with Gasteiger partial charge >= 0.3 is 6.18 Å². The van der Waals surface area contributed by atoms with Crippen LogP contribution in [-0.2, 0) is 15.7 Å². The Hall–Kier alpha value is -2.78. The van der Waals surface area contributed by atoms with Crippen LogP contribution in [0.15, 0.2) is 42.5 Å². The van der Waals surface area contributed by atoms with Crippen molar-refractivity contribution in [2.24, 2.45) is 0 Å². The molecule has 2 N–H and O–H groups in total. The summed E-state index contributed by atoms with van der Waals surface area (Å²) in [6.45, 7) is 2.20. The van der Waals surface area contributed by atoms with E-state index in [2.05, 4.69) is 10.6 Å². The average molecular weight is 470 g/mol. The first-order chi connectivity index (χ1) is 15.2. The minimum atomic E-state index is -4.52. The topological polar surface area (TPSA) is 70.7 Å². The van der Waals surface area contributed by atoms with Crippen LogP contribution in [0.3, 0.4) is 0 Å². The van der Waals surface area contributed by atoms with Gasteiger partial charge in [-0.2, -0.15) is 13.2 Å². The zero-order valence-electron chi connectivity index (χ0n) is 17.2. The number of nitrogens with one attached hydrogen (secondary N) is 2. The van der Waals surface area contributed by atoms with E-state index in [0.29, 0.717) is 49.0 Å². The highest BCUT2D eigenvalue weighted by atomic mass is 35.5. The lowest BCUT2D eigenvalue weighted by Gasteiger charge is -2.31. The molecular formula is C22H23ClF3N3O3. The summed E-state index contributed by atoms with van der Waals surface area (Å²) in [5.41, 5.74) is 0.237. The molecule has 0 saturated carbocycles. The van der Waals surface area contributed by atoms with Crippen LogP contribution in [0.5, 0.6) is 0 Å². The van der Waals surface area contributed by atoms with Crippen molar-refractivity contribution in [1.82, 2.24) is 5.32 Å². The number of nitrogens with zero attached hydrogens (tertiary/aromatic N) is 1. The number of carbonyl (C=O) groups excluding carboxylic acids is 2. The third-order valence-electron chi connectivity index (χ3n) is 4.92. The Morgan fingerprint density at radius 2 is 1.75 bits per heavy atom. The van der Waals surface area contributed by atoms with Gasteiger partial charge < -0.3 is 20.3 Å². The van der Waals surface area contributed by atoms with Gasteiger partial charge in [0.25, 0.3) is 5.91 Å². The van der Waals surface area contributed by atoms with Crippen molar-refractivity contribution in [3.05, 3.63) is 58.6 Å². The molecule has 0 unspecified atom stereocenters. The maximum Gasteiger partial charge on any atom is 0.416 e. The average Bonchev–Trinajstić information content (AvgIpc) is 2.77. The molecule has 2 amide bonds. The molecule has 0 radical (unpaired) electrons. The summed E-state index contributed by atoms with van der Waals surface area (Å²) in [6.07, 6.45) is -4.15. The zero-order valence-corrected chi connectivity index (χ0v) is 17.9. The number of halogens is 4. The predicted octanol–water partition coefficient (Wildman–Crippen LogP) is 4.34. The van der Waals surface area contributed by atoms with Crippen molar-refractivity contribution in [3.63, 3.8) is 0 Å². The van der Waals surface area contributed by atoms with Gasteiger partial charge in [0.05, 0.1) is 30.2 Å². The summed E-state index contributed by atoms with van der Waals surface area (Å²) in [4.78, 5) is 26.3. The summed E-state index contributed by atoms with van der Waals surface area (Å²) in [5, 5.41) is 5.81. The number of hydrogen-bond acceptors (Lipinski definition) is 4. The van der Waals surface area contributed by atoms with E-state index in [4.69, 9.17) is 16.3 Å². The molecule has 1 heterocycles. The lowest BCUT2D eigenvalue weighted by Crippen LogP contribution is -2.37. The summed E-state index contributed by atoms with van der Waals surface area (Å²) < 4.78 is 44.8. The first-order valence-electron chi connectivity index (χ1n) is 10.1. The number of rotatable bonds is 7. The van der Waals surface area contributed by atoms with Gasteiger partial charge in [-0.25, -0.2) is 0 Å². The molecule has 2 aromatic carbocycles. The van der Waals surface area contributed by atoms with Crippen LogP contribution in [-0.4, -0.2) is 44.7 Å². The molecule has 0 atom stereocenters. The van der Waals surface area contributed by atoms with E-state index in [9.17, 15) is 22.8 Å². The largest absolute Gasteiger partial charge is 0.416 e. The normalized spacial score (nSPS) is 14.2. The number of benzene rings is 2. The first-order valence-corrected chi connectivity index (χ1v) is 10.5. The molecule has 172 valence electrons. The smallest absolute Gasteiger partial charge is 0.378 e. The molecule has 6 nitrogen and oxygen atoms in total. The summed E-state index contributed by atoms with van der Waals surface area (Å²) in [6, 6.07) is 9.71. The molecule has 0 spiro atoms. The van der Waals surface area contributed by atoms with Gasteiger partial charge in [-0.05, 0) is 48.9 Å². The van der Waals surface area contributed by atoms with Gasteiger partial charge in [0.2, 0.25) is 5.91 Å². The minimum absolute atomic E-state index is 0.0414. The molecule has 3 rings (SSSR count). The predicted molar refractivity (Wildman–Crippen MR) is 116 cm³/mol. The van der Waals surface area contributed by atoms with Gasteiger partial charge in [0.1, 0.15) is 0 Å². The van der Waals surface area contributed by atoms with Crippen molar-refractivity contribution in [2.75, 3.05) is 43.1 Å². The van der Waals surface area contributed by atoms with Crippen LogP contribution in [0.4, 0.5) is 24.5 Å². The summed E-state index contributed by atoms with van der Waals surface area (Å²) >= 11 is 5.79. The number of carbonyl (C=O) groups is 2. The highest BCUT2D eigenvalue weighted by Crippen LogP contribution is 2.35. The third-order valence-corrected chi connectivity index (χ3v) is 5.17. The number of amides is 2. The molecule has 1 fully saturated rings. The number of anilines is 2. The molecule has 32 heavy (non-hydrogen) atoms. The number of ether oxygens (including phenoxy) is 1. The van der Waals surface area contributed by atoms with Crippen molar-refractivity contribution in [2.45, 2.75) is 19.0 Å². The van der Waals surface area contributed by atoms with Crippen LogP contribution in [0.1, 0.15) is 28.8 Å². The van der Waals surface area contributed by atoms with E-state index >= 15 is 0 Å². The molecular weight excluding hydrogens is 447 g/mol. The second-order valence-electron chi connectivity index (χ2n) is 7.24. The molecule has 1 aliphatic rings. The van der Waals surface area contributed by atoms with Crippen molar-refractivity contribution < 1.29 is 27.5 Å². The van der Waals surface area contributed by atoms with Gasteiger partial charge in [-0.1, -0.05) is 11.6 Å². The Balaban J connectivity index is 1.58. The number of alkyl halides is 3. The number of hydrogen-bond donors (Lipinski definition) is 2. The monoisotopic (exact) mass is 469 g/mol. The van der Waals surface area contributed by atoms with Gasteiger partial charge in [-0.15, -0.1) is 0 Å². The van der Waals surface area contributed by atoms with E-state index in [1.165, 1.54) is 6.07 Å². The summed E-state index contributed by atoms with van der Waals surface area (Å²) in [7, 11) is 0. The SMILES string of the molecule is O=C(CCCNC(=O)c1ccc(Cl)cc1)Nc1cc(C(F)(F)F)ccc1N1CCOCC1. The Morgan fingerprint density at radius 1 is 1.06 bits per heavy atom. The Kier molecular flexibility index (Phi) is 7.98. The fourth-order valence-electron chi connectivity index (χ4n) is 3.26. The molecule has 2 aromatic rings. The second kappa shape index (κ2) is 10.7. The Bertz CT molecular complexity index is 946. The van der Waals surface area contributed by atoms with E-state index in [1.54, 1.807) is 24.3 Å². The van der Waals surface area contributed by atoms with Crippen molar-refractivity contribution in [3.8, 4) is 0 Å². The van der Waals surface area contributed by atoms with Crippen LogP contribution >= 0.6 is 11.6 Å². The minimum Gasteiger partial charge on any atom is -0.378 e. The zero-order chi connectivity index (χ0) is 23.1. The van der Waals surface area contributed by atoms with Crippen molar-refractivity contribution >= 4 is 34.8 Å². The van der Waals surface area contributed by atoms with Crippen LogP contribution < -0.4 is 15.5 Å². The summed E-state index contributed by atoms with van der Waals surface area (Å²) in [5.74, 6) is -0.728. The fourth-order valence-corrected chi connectivity index (χ4v) is 3.39. The standard InChI is InChI=1S/C22H23ClF3N3O3/c23-17-6-3-15(4-7-17)21(31)27-9-1-2-20(30)28-18-14-16(22(24,25)26)5-8-19(18)29-10-12-32-13-11-29/h3-8,14H,1-2,9-13H2,(H,27,31)(H,28,30). The maximum absolute atomic E-state index is 13.2. The molecule has 1 saturated heterocycles. The van der Waals surface area contributed by atoms with E-state index < -0.39 is 17.6 Å². The quantitative estimate of drug-likeness (QED) is 0.592. The molecule has 1 aliphatic heterocycles. The lowest BCUT2D eigenvalue weighted by molar-refractivity contribution is -0.137. The molecule has 0 aromatic heterocycles. The highest BCUT2D eigenvalue weighted by Gasteiger charge is 2.31. The highest BCUT2D eigenvalue weighted by molar-refractivity contribution is 6.30. The number of morpholine rings is 1. The van der Waals surface area contributed by atoms with Gasteiger partial charge in [0.15, 0.2) is 0 Å². The molecule has 0 bridgehead atoms. The molecule has 0 aliphatic carbocycles. The molecule has 10 heteroatoms. The second-order valence-corrected chi connectivity index (χ2v) is 7.68. The van der Waals surface area contributed by atoms with Crippen molar-refractivity contribution in [1.29, 1.82) is 0 Å².